The molecule has 3 heterocycles. The minimum Gasteiger partial charge on any atom is -0.459 e. The molecule has 0 aliphatic carbocycles. The number of carbonyl (C=O) groups is 2. The highest BCUT2D eigenvalue weighted by molar-refractivity contribution is 5.83. The first-order valence-corrected chi connectivity index (χ1v) is 20.2. The number of hydrogen-bond donors (Lipinski definition) is 4. The Morgan fingerprint density at radius 1 is 0.863 bits per heavy atom. The first-order chi connectivity index (χ1) is 24.1. The van der Waals surface area contributed by atoms with Crippen LogP contribution in [0.1, 0.15) is 139 Å². The number of aliphatic hydroxyl groups is 4. The molecule has 9 nitrogen and oxygen atoms in total. The van der Waals surface area contributed by atoms with Crippen molar-refractivity contribution in [2.24, 2.45) is 41.4 Å². The summed E-state index contributed by atoms with van der Waals surface area (Å²) < 4.78 is 19.7. The summed E-state index contributed by atoms with van der Waals surface area (Å²) in [4.78, 5) is 27.4. The van der Waals surface area contributed by atoms with Crippen molar-refractivity contribution in [2.45, 2.75) is 187 Å². The van der Waals surface area contributed by atoms with Gasteiger partial charge in [0.05, 0.1) is 36.6 Å². The van der Waals surface area contributed by atoms with Crippen LogP contribution in [0.3, 0.4) is 0 Å². The number of ketones is 1. The summed E-state index contributed by atoms with van der Waals surface area (Å²) in [7, 11) is 0. The maximum Gasteiger partial charge on any atom is 0.330 e. The van der Waals surface area contributed by atoms with Gasteiger partial charge >= 0.3 is 5.97 Å². The van der Waals surface area contributed by atoms with Crippen LogP contribution in [0.25, 0.3) is 0 Å². The summed E-state index contributed by atoms with van der Waals surface area (Å²) in [5, 5.41) is 43.3. The molecule has 294 valence electrons. The summed E-state index contributed by atoms with van der Waals surface area (Å²) in [5.74, 6) is -2.41. The fourth-order valence-corrected chi connectivity index (χ4v) is 8.04. The van der Waals surface area contributed by atoms with E-state index >= 15 is 0 Å². The topological polar surface area (TPSA) is 143 Å². The number of carbonyl (C=O) groups excluding carboxylic acids is 2. The second-order valence-electron chi connectivity index (χ2n) is 17.0. The summed E-state index contributed by atoms with van der Waals surface area (Å²) in [6.45, 7) is 15.9. The summed E-state index contributed by atoms with van der Waals surface area (Å²) in [6.07, 6.45) is 11.4. The third kappa shape index (κ3) is 13.3. The van der Waals surface area contributed by atoms with E-state index in [1.54, 1.807) is 19.9 Å². The van der Waals surface area contributed by atoms with Crippen molar-refractivity contribution in [3.05, 3.63) is 24.3 Å². The lowest BCUT2D eigenvalue weighted by molar-refractivity contribution is -0.346. The van der Waals surface area contributed by atoms with E-state index in [9.17, 15) is 30.0 Å². The van der Waals surface area contributed by atoms with Crippen LogP contribution in [0.15, 0.2) is 24.3 Å². The molecule has 0 radical (unpaired) electrons. The maximum atomic E-state index is 14.0. The molecule has 3 rings (SSSR count). The molecule has 1 spiro atoms. The molecule has 51 heavy (non-hydrogen) atoms. The number of ether oxygens (including phenoxy) is 3. The minimum absolute atomic E-state index is 0.0182. The molecule has 14 atom stereocenters. The van der Waals surface area contributed by atoms with Crippen molar-refractivity contribution in [2.75, 3.05) is 0 Å². The average molecular weight is 721 g/mol. The molecule has 0 aromatic carbocycles. The van der Waals surface area contributed by atoms with Crippen molar-refractivity contribution in [1.29, 1.82) is 0 Å². The van der Waals surface area contributed by atoms with Crippen LogP contribution in [-0.4, -0.2) is 80.7 Å². The van der Waals surface area contributed by atoms with Crippen molar-refractivity contribution in [1.82, 2.24) is 0 Å². The highest BCUT2D eigenvalue weighted by atomic mass is 16.7. The molecular formula is C42H72O9. The van der Waals surface area contributed by atoms with Crippen molar-refractivity contribution >= 4 is 11.8 Å². The first kappa shape index (κ1) is 43.8. The van der Waals surface area contributed by atoms with E-state index in [0.717, 1.165) is 44.9 Å². The third-order valence-electron chi connectivity index (χ3n) is 12.1. The zero-order valence-corrected chi connectivity index (χ0v) is 32.9. The first-order valence-electron chi connectivity index (χ1n) is 20.2. The van der Waals surface area contributed by atoms with Gasteiger partial charge in [0, 0.05) is 49.0 Å². The predicted molar refractivity (Wildman–Crippen MR) is 200 cm³/mol. The Bertz CT molecular complexity index is 1120. The van der Waals surface area contributed by atoms with Gasteiger partial charge in [-0.2, -0.15) is 0 Å². The van der Waals surface area contributed by atoms with Gasteiger partial charge in [-0.05, 0) is 69.1 Å². The van der Waals surface area contributed by atoms with Crippen LogP contribution in [-0.2, 0) is 23.8 Å². The lowest BCUT2D eigenvalue weighted by Crippen LogP contribution is -2.57. The SMILES string of the molecule is CCC(O)CC1OC2(CCC1C)CC1OC(=O)/C=C/C(C)C(O)C(C)C(O)CC(O)C(C)CCCCC/C=C/C(CC(C)C)C(=O)CC(O2)C1C. The Labute approximate surface area is 308 Å². The van der Waals surface area contributed by atoms with Gasteiger partial charge in [0.25, 0.3) is 0 Å². The van der Waals surface area contributed by atoms with Gasteiger partial charge in [-0.3, -0.25) is 4.79 Å². The molecular weight excluding hydrogens is 648 g/mol. The largest absolute Gasteiger partial charge is 0.459 e. The zero-order valence-electron chi connectivity index (χ0n) is 32.9. The van der Waals surface area contributed by atoms with Crippen LogP contribution in [0, 0.1) is 41.4 Å². The van der Waals surface area contributed by atoms with Crippen molar-refractivity contribution < 1.29 is 44.2 Å². The van der Waals surface area contributed by atoms with E-state index < -0.39 is 60.2 Å². The Morgan fingerprint density at radius 3 is 2.27 bits per heavy atom. The third-order valence-corrected chi connectivity index (χ3v) is 12.1. The molecule has 0 amide bonds. The van der Waals surface area contributed by atoms with Crippen molar-refractivity contribution in [3.8, 4) is 0 Å². The lowest BCUT2D eigenvalue weighted by atomic mass is 9.79. The molecule has 2 saturated heterocycles. The number of hydrogen-bond acceptors (Lipinski definition) is 9. The van der Waals surface area contributed by atoms with E-state index in [4.69, 9.17) is 14.2 Å². The van der Waals surface area contributed by atoms with Crippen LogP contribution >= 0.6 is 0 Å². The van der Waals surface area contributed by atoms with E-state index in [0.29, 0.717) is 31.6 Å². The Morgan fingerprint density at radius 2 is 1.59 bits per heavy atom. The minimum atomic E-state index is -1.04. The van der Waals surface area contributed by atoms with E-state index in [-0.39, 0.29) is 48.4 Å². The van der Waals surface area contributed by atoms with Crippen molar-refractivity contribution in [3.63, 3.8) is 0 Å². The molecule has 0 aromatic heterocycles. The quantitative estimate of drug-likeness (QED) is 0.173. The second kappa shape index (κ2) is 20.7. The highest BCUT2D eigenvalue weighted by Gasteiger charge is 2.52. The molecule has 3 aliphatic heterocycles. The smallest absolute Gasteiger partial charge is 0.330 e. The van der Waals surface area contributed by atoms with E-state index in [2.05, 4.69) is 32.9 Å². The van der Waals surface area contributed by atoms with Crippen LogP contribution in [0.4, 0.5) is 0 Å². The molecule has 2 fully saturated rings. The summed E-state index contributed by atoms with van der Waals surface area (Å²) in [6, 6.07) is 0. The van der Waals surface area contributed by atoms with Gasteiger partial charge < -0.3 is 34.6 Å². The molecule has 2 bridgehead atoms. The molecule has 0 aromatic rings. The molecule has 4 N–H and O–H groups in total. The number of allylic oxidation sites excluding steroid dienone is 2. The second-order valence-corrected chi connectivity index (χ2v) is 17.0. The Hall–Kier alpha value is -1.62. The molecule has 3 aliphatic rings. The highest BCUT2D eigenvalue weighted by Crippen LogP contribution is 2.45. The van der Waals surface area contributed by atoms with Gasteiger partial charge in [0.15, 0.2) is 5.79 Å². The fraction of sp³-hybridized carbons (Fsp3) is 0.857. The average Bonchev–Trinajstić information content (AvgIpc) is 3.08. The van der Waals surface area contributed by atoms with Crippen LogP contribution < -0.4 is 0 Å². The monoisotopic (exact) mass is 721 g/mol. The Balaban J connectivity index is 1.91. The molecule has 0 saturated carbocycles. The van der Waals surface area contributed by atoms with Crippen LogP contribution in [0.2, 0.25) is 0 Å². The fourth-order valence-electron chi connectivity index (χ4n) is 8.04. The van der Waals surface area contributed by atoms with Gasteiger partial charge in [-0.1, -0.05) is 86.5 Å². The predicted octanol–water partition coefficient (Wildman–Crippen LogP) is 7.07. The molecule has 9 heteroatoms. The number of esters is 1. The van der Waals surface area contributed by atoms with Gasteiger partial charge in [0.1, 0.15) is 11.9 Å². The number of rotatable bonds is 5. The number of fused-ring (bicyclic) bond motifs is 2. The standard InChI is InChI=1S/C42H72O9/c1-9-33(43)22-37-28(5)19-20-42(50-37)25-39-31(8)38(51-42)24-36(46)32(21-26(2)3)16-14-12-10-11-13-15-27(4)34(44)23-35(45)30(7)41(48)29(6)17-18-40(47)49-39/h14,16-18,26-35,37-39,41,43-45,48H,9-13,15,19-25H2,1-8H3/b16-14+,18-17+. The van der Waals surface area contributed by atoms with Crippen LogP contribution in [0.5, 0.6) is 0 Å². The van der Waals surface area contributed by atoms with Gasteiger partial charge in [-0.15, -0.1) is 0 Å². The summed E-state index contributed by atoms with van der Waals surface area (Å²) in [5.41, 5.74) is 0. The van der Waals surface area contributed by atoms with Gasteiger partial charge in [0.2, 0.25) is 0 Å². The van der Waals surface area contributed by atoms with Gasteiger partial charge in [-0.25, -0.2) is 4.79 Å². The Kier molecular flexibility index (Phi) is 17.8. The maximum absolute atomic E-state index is 14.0. The molecule has 14 unspecified atom stereocenters. The summed E-state index contributed by atoms with van der Waals surface area (Å²) >= 11 is 0. The number of aliphatic hydroxyl groups excluding tert-OH is 4. The zero-order chi connectivity index (χ0) is 37.9. The lowest BCUT2D eigenvalue weighted by Gasteiger charge is -2.51. The number of Topliss-reactive ketones (excluding diaryl/α,β-unsaturated/α-hetero) is 1. The van der Waals surface area contributed by atoms with E-state index in [1.165, 1.54) is 6.08 Å². The normalized spacial score (nSPS) is 42.1. The van der Waals surface area contributed by atoms with E-state index in [1.807, 2.05) is 20.8 Å².